The van der Waals surface area contributed by atoms with Crippen molar-refractivity contribution in [2.75, 3.05) is 0 Å². The fraction of sp³-hybridized carbons (Fsp3) is 0.333. The molecule has 0 bridgehead atoms. The van der Waals surface area contributed by atoms with E-state index in [4.69, 9.17) is 10.2 Å². The highest BCUT2D eigenvalue weighted by atomic mass is 16.4. The summed E-state index contributed by atoms with van der Waals surface area (Å²) in [5.41, 5.74) is 0. The van der Waals surface area contributed by atoms with Gasteiger partial charge >= 0.3 is 11.9 Å². The van der Waals surface area contributed by atoms with Crippen LogP contribution >= 0.6 is 0 Å². The summed E-state index contributed by atoms with van der Waals surface area (Å²) in [5.74, 6) is -1.99. The van der Waals surface area contributed by atoms with E-state index in [1.165, 1.54) is 4.57 Å². The first-order valence-corrected chi connectivity index (χ1v) is 4.18. The molecule has 1 aromatic heterocycles. The van der Waals surface area contributed by atoms with Crippen LogP contribution in [-0.4, -0.2) is 26.7 Å². The third-order valence-corrected chi connectivity index (χ3v) is 1.90. The number of nitrogens with zero attached hydrogens (tertiary/aromatic N) is 1. The van der Waals surface area contributed by atoms with Crippen LogP contribution in [0.2, 0.25) is 0 Å². The molecule has 0 aromatic carbocycles. The molecule has 0 amide bonds. The molecule has 0 aliphatic rings. The van der Waals surface area contributed by atoms with Gasteiger partial charge in [0, 0.05) is 18.8 Å². The standard InChI is InChI=1S/C9H11NO4/c11-8(12)4-3-7(9(13)14)10-5-1-2-6-10/h1-2,5-7H,3-4H2,(H,11,12)(H,13,14)/t7-/m0/s1. The second-order valence-electron chi connectivity index (χ2n) is 2.92. The lowest BCUT2D eigenvalue weighted by molar-refractivity contribution is -0.142. The Balaban J connectivity index is 2.66. The summed E-state index contributed by atoms with van der Waals surface area (Å²) in [6.45, 7) is 0. The fourth-order valence-corrected chi connectivity index (χ4v) is 1.22. The average molecular weight is 197 g/mol. The van der Waals surface area contributed by atoms with Crippen LogP contribution in [0.3, 0.4) is 0 Å². The van der Waals surface area contributed by atoms with E-state index < -0.39 is 18.0 Å². The highest BCUT2D eigenvalue weighted by Crippen LogP contribution is 2.14. The van der Waals surface area contributed by atoms with Gasteiger partial charge in [-0.1, -0.05) is 0 Å². The lowest BCUT2D eigenvalue weighted by Gasteiger charge is -2.12. The van der Waals surface area contributed by atoms with Crippen molar-refractivity contribution >= 4 is 11.9 Å². The third kappa shape index (κ3) is 2.62. The van der Waals surface area contributed by atoms with Crippen LogP contribution in [0.25, 0.3) is 0 Å². The second kappa shape index (κ2) is 4.45. The normalized spacial score (nSPS) is 12.3. The minimum absolute atomic E-state index is 0.0966. The monoisotopic (exact) mass is 197 g/mol. The van der Waals surface area contributed by atoms with Crippen molar-refractivity contribution in [3.63, 3.8) is 0 Å². The van der Waals surface area contributed by atoms with Crippen molar-refractivity contribution in [3.05, 3.63) is 24.5 Å². The Hall–Kier alpha value is -1.78. The molecule has 0 saturated carbocycles. The number of carboxylic acids is 2. The van der Waals surface area contributed by atoms with Gasteiger partial charge in [-0.05, 0) is 18.6 Å². The molecule has 1 heterocycles. The van der Waals surface area contributed by atoms with E-state index in [9.17, 15) is 9.59 Å². The summed E-state index contributed by atoms with van der Waals surface area (Å²) in [4.78, 5) is 21.1. The third-order valence-electron chi connectivity index (χ3n) is 1.90. The number of carbonyl (C=O) groups is 2. The van der Waals surface area contributed by atoms with E-state index in [1.54, 1.807) is 24.5 Å². The molecule has 0 radical (unpaired) electrons. The van der Waals surface area contributed by atoms with Crippen molar-refractivity contribution in [2.45, 2.75) is 18.9 Å². The molecular weight excluding hydrogens is 186 g/mol. The van der Waals surface area contributed by atoms with E-state index in [-0.39, 0.29) is 12.8 Å². The van der Waals surface area contributed by atoms with Gasteiger partial charge in [0.2, 0.25) is 0 Å². The Labute approximate surface area is 80.6 Å². The SMILES string of the molecule is O=C(O)CC[C@@H](C(=O)O)n1cccc1. The van der Waals surface area contributed by atoms with Gasteiger partial charge in [0.1, 0.15) is 6.04 Å². The molecule has 0 unspecified atom stereocenters. The minimum Gasteiger partial charge on any atom is -0.481 e. The smallest absolute Gasteiger partial charge is 0.326 e. The molecule has 76 valence electrons. The molecule has 0 spiro atoms. The van der Waals surface area contributed by atoms with Crippen LogP contribution in [0.15, 0.2) is 24.5 Å². The maximum atomic E-state index is 10.8. The van der Waals surface area contributed by atoms with Gasteiger partial charge in [0.15, 0.2) is 0 Å². The zero-order valence-corrected chi connectivity index (χ0v) is 7.46. The van der Waals surface area contributed by atoms with Gasteiger partial charge in [-0.25, -0.2) is 4.79 Å². The van der Waals surface area contributed by atoms with E-state index in [0.29, 0.717) is 0 Å². The van der Waals surface area contributed by atoms with Crippen LogP contribution < -0.4 is 0 Å². The fourth-order valence-electron chi connectivity index (χ4n) is 1.22. The molecule has 1 atom stereocenters. The molecule has 2 N–H and O–H groups in total. The van der Waals surface area contributed by atoms with Crippen molar-refractivity contribution in [1.29, 1.82) is 0 Å². The molecule has 0 saturated heterocycles. The van der Waals surface area contributed by atoms with Gasteiger partial charge in [-0.2, -0.15) is 0 Å². The van der Waals surface area contributed by atoms with Gasteiger partial charge in [0.25, 0.3) is 0 Å². The Morgan fingerprint density at radius 1 is 1.21 bits per heavy atom. The Bertz CT molecular complexity index is 318. The van der Waals surface area contributed by atoms with Crippen molar-refractivity contribution in [2.24, 2.45) is 0 Å². The molecule has 0 aliphatic carbocycles. The Morgan fingerprint density at radius 3 is 2.21 bits per heavy atom. The molecule has 1 aromatic rings. The summed E-state index contributed by atoms with van der Waals surface area (Å²) in [6.07, 6.45) is 3.18. The second-order valence-corrected chi connectivity index (χ2v) is 2.92. The molecule has 1 rings (SSSR count). The first-order chi connectivity index (χ1) is 6.61. The van der Waals surface area contributed by atoms with E-state index in [0.717, 1.165) is 0 Å². The molecule has 0 aliphatic heterocycles. The summed E-state index contributed by atoms with van der Waals surface area (Å²) in [5, 5.41) is 17.3. The van der Waals surface area contributed by atoms with E-state index >= 15 is 0 Å². The van der Waals surface area contributed by atoms with E-state index in [2.05, 4.69) is 0 Å². The van der Waals surface area contributed by atoms with Gasteiger partial charge < -0.3 is 14.8 Å². The molecule has 5 heteroatoms. The van der Waals surface area contributed by atoms with Gasteiger partial charge in [-0.3, -0.25) is 4.79 Å². The zero-order valence-electron chi connectivity index (χ0n) is 7.46. The first-order valence-electron chi connectivity index (χ1n) is 4.18. The lowest BCUT2D eigenvalue weighted by Crippen LogP contribution is -2.18. The predicted molar refractivity (Wildman–Crippen MR) is 48.0 cm³/mol. The number of aliphatic carboxylic acids is 2. The first kappa shape index (κ1) is 10.3. The van der Waals surface area contributed by atoms with Crippen molar-refractivity contribution in [1.82, 2.24) is 4.57 Å². The zero-order chi connectivity index (χ0) is 10.6. The van der Waals surface area contributed by atoms with Crippen molar-refractivity contribution < 1.29 is 19.8 Å². The maximum Gasteiger partial charge on any atom is 0.326 e. The lowest BCUT2D eigenvalue weighted by atomic mass is 10.1. The number of aromatic nitrogens is 1. The molecular formula is C9H11NO4. The quantitative estimate of drug-likeness (QED) is 0.737. The summed E-state index contributed by atoms with van der Waals surface area (Å²) < 4.78 is 1.49. The average Bonchev–Trinajstić information content (AvgIpc) is 2.56. The number of rotatable bonds is 5. The highest BCUT2D eigenvalue weighted by molar-refractivity contribution is 5.73. The summed E-state index contributed by atoms with van der Waals surface area (Å²) in [6, 6.07) is 2.62. The summed E-state index contributed by atoms with van der Waals surface area (Å²) in [7, 11) is 0. The van der Waals surface area contributed by atoms with Crippen LogP contribution in [0.5, 0.6) is 0 Å². The molecule has 0 fully saturated rings. The van der Waals surface area contributed by atoms with Gasteiger partial charge in [0.05, 0.1) is 0 Å². The van der Waals surface area contributed by atoms with Crippen molar-refractivity contribution in [3.8, 4) is 0 Å². The van der Waals surface area contributed by atoms with Crippen LogP contribution in [-0.2, 0) is 9.59 Å². The predicted octanol–water partition coefficient (Wildman–Crippen LogP) is 0.979. The topological polar surface area (TPSA) is 79.5 Å². The minimum atomic E-state index is -1.01. The Morgan fingerprint density at radius 2 is 1.79 bits per heavy atom. The number of hydrogen-bond donors (Lipinski definition) is 2. The Kier molecular flexibility index (Phi) is 3.28. The number of hydrogen-bond acceptors (Lipinski definition) is 2. The largest absolute Gasteiger partial charge is 0.481 e. The van der Waals surface area contributed by atoms with Gasteiger partial charge in [-0.15, -0.1) is 0 Å². The summed E-state index contributed by atoms with van der Waals surface area (Å²) >= 11 is 0. The molecule has 5 nitrogen and oxygen atoms in total. The van der Waals surface area contributed by atoms with E-state index in [1.807, 2.05) is 0 Å². The van der Waals surface area contributed by atoms with Crippen LogP contribution in [0.1, 0.15) is 18.9 Å². The highest BCUT2D eigenvalue weighted by Gasteiger charge is 2.19. The van der Waals surface area contributed by atoms with Crippen LogP contribution in [0.4, 0.5) is 0 Å². The van der Waals surface area contributed by atoms with Crippen LogP contribution in [0, 0.1) is 0 Å². The maximum absolute atomic E-state index is 10.8. The molecule has 14 heavy (non-hydrogen) atoms. The number of carboxylic acid groups (broad SMARTS) is 2.